The number of ether oxygens (including phenoxy) is 1. The molecule has 1 aromatic heterocycles. The minimum Gasteiger partial charge on any atom is -0.465 e. The molecule has 72 valence electrons. The van der Waals surface area contributed by atoms with E-state index in [1.807, 2.05) is 18.2 Å². The van der Waals surface area contributed by atoms with Crippen LogP contribution in [0.1, 0.15) is 12.2 Å². The fraction of sp³-hybridized carbons (Fsp3) is 0.364. The number of esters is 1. The van der Waals surface area contributed by atoms with Crippen LogP contribution in [-0.2, 0) is 15.1 Å². The van der Waals surface area contributed by atoms with Crippen molar-refractivity contribution in [1.82, 2.24) is 0 Å². The fourth-order valence-electron chi connectivity index (χ4n) is 2.53. The molecule has 1 aliphatic carbocycles. The molecule has 1 aromatic rings. The maximum absolute atomic E-state index is 11.1. The van der Waals surface area contributed by atoms with Crippen LogP contribution in [-0.4, -0.2) is 5.97 Å². The number of rotatable bonds is 2. The molecule has 1 unspecified atom stereocenters. The van der Waals surface area contributed by atoms with Crippen LogP contribution in [0.4, 0.5) is 0 Å². The first-order chi connectivity index (χ1) is 6.79. The number of carbonyl (C=O) groups excluding carboxylic acids is 1. The van der Waals surface area contributed by atoms with Crippen molar-refractivity contribution in [2.45, 2.75) is 12.0 Å². The van der Waals surface area contributed by atoms with Gasteiger partial charge in [0.15, 0.2) is 5.60 Å². The van der Waals surface area contributed by atoms with E-state index in [9.17, 15) is 4.79 Å². The summed E-state index contributed by atoms with van der Waals surface area (Å²) in [5.74, 6) is 1.08. The molecule has 1 saturated carbocycles. The number of furan rings is 1. The third kappa shape index (κ3) is 0.710. The second-order valence-electron chi connectivity index (χ2n) is 3.82. The minimum atomic E-state index is -0.512. The van der Waals surface area contributed by atoms with Crippen molar-refractivity contribution < 1.29 is 13.9 Å². The number of carbonyl (C=O) groups is 1. The van der Waals surface area contributed by atoms with Gasteiger partial charge in [0, 0.05) is 11.8 Å². The molecule has 3 heteroatoms. The zero-order chi connectivity index (χ0) is 9.76. The Kier molecular flexibility index (Phi) is 1.29. The Labute approximate surface area is 81.4 Å². The lowest BCUT2D eigenvalue weighted by Crippen LogP contribution is -2.14. The molecule has 2 aliphatic rings. The first-order valence-electron chi connectivity index (χ1n) is 4.67. The fourth-order valence-corrected chi connectivity index (χ4v) is 2.53. The summed E-state index contributed by atoms with van der Waals surface area (Å²) in [6, 6.07) is 3.67. The largest absolute Gasteiger partial charge is 0.465 e. The maximum Gasteiger partial charge on any atom is 0.307 e. The standard InChI is InChI=1S/C11H10O3/c1-2-7-8-6-10(12)14-11(7,8)9-4-3-5-13-9/h2-5,7-8H,1,6H2/t7-,8?,11+/m0/s1. The van der Waals surface area contributed by atoms with Gasteiger partial charge >= 0.3 is 5.97 Å². The molecule has 2 fully saturated rings. The first kappa shape index (κ1) is 7.85. The van der Waals surface area contributed by atoms with Crippen LogP contribution in [0.25, 0.3) is 0 Å². The van der Waals surface area contributed by atoms with Gasteiger partial charge in [0.05, 0.1) is 12.7 Å². The third-order valence-corrected chi connectivity index (χ3v) is 3.20. The molecule has 3 atom stereocenters. The normalized spacial score (nSPS) is 39.0. The van der Waals surface area contributed by atoms with Crippen LogP contribution in [0.3, 0.4) is 0 Å². The summed E-state index contributed by atoms with van der Waals surface area (Å²) < 4.78 is 10.7. The van der Waals surface area contributed by atoms with Crippen molar-refractivity contribution >= 4 is 5.97 Å². The molecule has 3 nitrogen and oxygen atoms in total. The summed E-state index contributed by atoms with van der Waals surface area (Å²) in [5, 5.41) is 0. The minimum absolute atomic E-state index is 0.135. The average Bonchev–Trinajstić information content (AvgIpc) is 2.65. The smallest absolute Gasteiger partial charge is 0.307 e. The Morgan fingerprint density at radius 1 is 1.64 bits per heavy atom. The second kappa shape index (κ2) is 2.29. The molecule has 0 spiro atoms. The van der Waals surface area contributed by atoms with Gasteiger partial charge in [-0.3, -0.25) is 4.79 Å². The van der Waals surface area contributed by atoms with Gasteiger partial charge in [-0.15, -0.1) is 6.58 Å². The Balaban J connectivity index is 2.03. The van der Waals surface area contributed by atoms with E-state index in [-0.39, 0.29) is 17.8 Å². The Bertz CT molecular complexity index is 393. The Morgan fingerprint density at radius 2 is 2.50 bits per heavy atom. The van der Waals surface area contributed by atoms with E-state index in [1.54, 1.807) is 6.26 Å². The summed E-state index contributed by atoms with van der Waals surface area (Å²) in [6.07, 6.45) is 3.93. The van der Waals surface area contributed by atoms with Crippen molar-refractivity contribution in [2.24, 2.45) is 11.8 Å². The van der Waals surface area contributed by atoms with Crippen LogP contribution < -0.4 is 0 Å². The lowest BCUT2D eigenvalue weighted by atomic mass is 10.2. The van der Waals surface area contributed by atoms with Gasteiger partial charge in [-0.1, -0.05) is 6.08 Å². The predicted molar refractivity (Wildman–Crippen MR) is 48.3 cm³/mol. The summed E-state index contributed by atoms with van der Waals surface area (Å²) in [4.78, 5) is 11.1. The van der Waals surface area contributed by atoms with Crippen LogP contribution in [0.5, 0.6) is 0 Å². The van der Waals surface area contributed by atoms with Crippen LogP contribution >= 0.6 is 0 Å². The van der Waals surface area contributed by atoms with E-state index in [4.69, 9.17) is 9.15 Å². The van der Waals surface area contributed by atoms with Crippen molar-refractivity contribution in [3.63, 3.8) is 0 Å². The lowest BCUT2D eigenvalue weighted by Gasteiger charge is -2.11. The van der Waals surface area contributed by atoms with E-state index in [0.29, 0.717) is 6.42 Å². The number of hydrogen-bond donors (Lipinski definition) is 0. The lowest BCUT2D eigenvalue weighted by molar-refractivity contribution is -0.147. The molecule has 1 aliphatic heterocycles. The predicted octanol–water partition coefficient (Wildman–Crippen LogP) is 1.85. The molecule has 0 amide bonds. The molecule has 0 aromatic carbocycles. The molecule has 0 N–H and O–H groups in total. The highest BCUT2D eigenvalue weighted by Crippen LogP contribution is 2.66. The van der Waals surface area contributed by atoms with Gasteiger partial charge in [-0.25, -0.2) is 0 Å². The Morgan fingerprint density at radius 3 is 3.14 bits per heavy atom. The van der Waals surface area contributed by atoms with Gasteiger partial charge < -0.3 is 9.15 Å². The van der Waals surface area contributed by atoms with Crippen molar-refractivity contribution in [2.75, 3.05) is 0 Å². The SMILES string of the molecule is C=C[C@H]1C2CC(=O)O[C@@]21c1ccco1. The maximum atomic E-state index is 11.1. The molecule has 3 rings (SSSR count). The van der Waals surface area contributed by atoms with E-state index in [0.717, 1.165) is 5.76 Å². The van der Waals surface area contributed by atoms with E-state index in [1.165, 1.54) is 0 Å². The van der Waals surface area contributed by atoms with Crippen molar-refractivity contribution in [3.8, 4) is 0 Å². The van der Waals surface area contributed by atoms with Crippen LogP contribution in [0.2, 0.25) is 0 Å². The van der Waals surface area contributed by atoms with Crippen LogP contribution in [0, 0.1) is 11.8 Å². The monoisotopic (exact) mass is 190 g/mol. The molecular weight excluding hydrogens is 180 g/mol. The van der Waals surface area contributed by atoms with Crippen molar-refractivity contribution in [3.05, 3.63) is 36.8 Å². The molecule has 0 bridgehead atoms. The summed E-state index contributed by atoms with van der Waals surface area (Å²) in [7, 11) is 0. The zero-order valence-corrected chi connectivity index (χ0v) is 7.60. The number of fused-ring (bicyclic) bond motifs is 1. The summed E-state index contributed by atoms with van der Waals surface area (Å²) in [6.45, 7) is 3.75. The highest BCUT2D eigenvalue weighted by molar-refractivity contribution is 5.76. The third-order valence-electron chi connectivity index (χ3n) is 3.20. The van der Waals surface area contributed by atoms with Gasteiger partial charge in [0.2, 0.25) is 0 Å². The highest BCUT2D eigenvalue weighted by atomic mass is 16.6. The molecule has 0 radical (unpaired) electrons. The molecule has 1 saturated heterocycles. The van der Waals surface area contributed by atoms with Gasteiger partial charge in [0.1, 0.15) is 5.76 Å². The van der Waals surface area contributed by atoms with Crippen molar-refractivity contribution in [1.29, 1.82) is 0 Å². The first-order valence-corrected chi connectivity index (χ1v) is 4.67. The summed E-state index contributed by atoms with van der Waals surface area (Å²) in [5.41, 5.74) is -0.512. The quantitative estimate of drug-likeness (QED) is 0.527. The summed E-state index contributed by atoms with van der Waals surface area (Å²) >= 11 is 0. The van der Waals surface area contributed by atoms with E-state index in [2.05, 4.69) is 6.58 Å². The highest BCUT2D eigenvalue weighted by Gasteiger charge is 2.73. The van der Waals surface area contributed by atoms with Gasteiger partial charge in [-0.2, -0.15) is 0 Å². The molecule has 2 heterocycles. The molecular formula is C11H10O3. The van der Waals surface area contributed by atoms with E-state index >= 15 is 0 Å². The second-order valence-corrected chi connectivity index (χ2v) is 3.82. The van der Waals surface area contributed by atoms with E-state index < -0.39 is 5.60 Å². The Hall–Kier alpha value is -1.51. The average molecular weight is 190 g/mol. The number of hydrogen-bond acceptors (Lipinski definition) is 3. The molecule has 14 heavy (non-hydrogen) atoms. The van der Waals surface area contributed by atoms with Gasteiger partial charge in [-0.05, 0) is 12.1 Å². The van der Waals surface area contributed by atoms with Crippen LogP contribution in [0.15, 0.2) is 35.5 Å². The zero-order valence-electron chi connectivity index (χ0n) is 7.60. The van der Waals surface area contributed by atoms with Gasteiger partial charge in [0.25, 0.3) is 0 Å². The topological polar surface area (TPSA) is 39.4 Å².